The van der Waals surface area contributed by atoms with Crippen molar-refractivity contribution in [2.45, 2.75) is 26.1 Å². The number of pyridine rings is 1. The molecule has 0 aliphatic heterocycles. The molecule has 2 aromatic rings. The second kappa shape index (κ2) is 6.01. The summed E-state index contributed by atoms with van der Waals surface area (Å²) in [5.74, 6) is 0.721. The first-order chi connectivity index (χ1) is 9.90. The molecule has 5 nitrogen and oxygen atoms in total. The minimum atomic E-state index is -0.860. The number of benzene rings is 1. The summed E-state index contributed by atoms with van der Waals surface area (Å²) in [5.41, 5.74) is 0.924. The quantitative estimate of drug-likeness (QED) is 0.885. The Morgan fingerprint density at radius 2 is 1.86 bits per heavy atom. The lowest BCUT2D eigenvalue weighted by Gasteiger charge is -2.18. The summed E-state index contributed by atoms with van der Waals surface area (Å²) in [4.78, 5) is 3.98. The highest BCUT2D eigenvalue weighted by molar-refractivity contribution is 5.38. The lowest BCUT2D eigenvalue weighted by atomic mass is 9.97. The topological polar surface area (TPSA) is 71.8 Å². The van der Waals surface area contributed by atoms with Gasteiger partial charge >= 0.3 is 0 Å². The Labute approximate surface area is 123 Å². The van der Waals surface area contributed by atoms with Gasteiger partial charge in [0.25, 0.3) is 5.88 Å². The van der Waals surface area contributed by atoms with E-state index in [1.165, 1.54) is 19.4 Å². The highest BCUT2D eigenvalue weighted by Crippen LogP contribution is 2.28. The molecule has 1 aromatic carbocycles. The zero-order valence-electron chi connectivity index (χ0n) is 12.3. The van der Waals surface area contributed by atoms with Gasteiger partial charge in [0, 0.05) is 6.07 Å². The van der Waals surface area contributed by atoms with E-state index in [4.69, 9.17) is 9.47 Å². The summed E-state index contributed by atoms with van der Waals surface area (Å²) in [6, 6.07) is 8.94. The van der Waals surface area contributed by atoms with Crippen molar-refractivity contribution in [2.24, 2.45) is 0 Å². The van der Waals surface area contributed by atoms with Gasteiger partial charge in [0.2, 0.25) is 0 Å². The molecule has 2 N–H and O–H groups in total. The van der Waals surface area contributed by atoms with E-state index >= 15 is 0 Å². The van der Waals surface area contributed by atoms with E-state index in [0.29, 0.717) is 18.2 Å². The normalized spacial score (nSPS) is 11.2. The molecule has 5 heteroatoms. The third-order valence-corrected chi connectivity index (χ3v) is 3.06. The van der Waals surface area contributed by atoms with Crippen LogP contribution in [0.15, 0.2) is 36.5 Å². The van der Waals surface area contributed by atoms with Crippen molar-refractivity contribution in [1.82, 2.24) is 4.98 Å². The highest BCUT2D eigenvalue weighted by Gasteiger charge is 2.15. The molecule has 112 valence electrons. The molecule has 0 radical (unpaired) electrons. The largest absolute Gasteiger partial charge is 0.506 e. The molecule has 0 aliphatic rings. The van der Waals surface area contributed by atoms with Gasteiger partial charge in [-0.25, -0.2) is 4.98 Å². The van der Waals surface area contributed by atoms with Crippen LogP contribution in [-0.2, 0) is 12.2 Å². The average Bonchev–Trinajstić information content (AvgIpc) is 2.45. The average molecular weight is 289 g/mol. The maximum absolute atomic E-state index is 9.90. The third-order valence-electron chi connectivity index (χ3n) is 3.06. The Hall–Kier alpha value is -2.27. The van der Waals surface area contributed by atoms with Crippen LogP contribution in [-0.4, -0.2) is 22.3 Å². The van der Waals surface area contributed by atoms with E-state index < -0.39 is 5.60 Å². The number of aromatic nitrogens is 1. The van der Waals surface area contributed by atoms with E-state index in [0.717, 1.165) is 11.1 Å². The van der Waals surface area contributed by atoms with Crippen LogP contribution in [0, 0.1) is 0 Å². The number of aromatic hydroxyl groups is 1. The molecule has 0 amide bonds. The molecule has 0 aliphatic carbocycles. The zero-order valence-corrected chi connectivity index (χ0v) is 12.3. The summed E-state index contributed by atoms with van der Waals surface area (Å²) < 4.78 is 10.7. The van der Waals surface area contributed by atoms with Gasteiger partial charge in [-0.3, -0.25) is 0 Å². The summed E-state index contributed by atoms with van der Waals surface area (Å²) in [6.07, 6.45) is 1.30. The maximum Gasteiger partial charge on any atom is 0.257 e. The molecule has 0 atom stereocenters. The van der Waals surface area contributed by atoms with Crippen LogP contribution in [0.5, 0.6) is 17.4 Å². The van der Waals surface area contributed by atoms with Gasteiger partial charge in [0.15, 0.2) is 5.75 Å². The number of methoxy groups -OCH3 is 1. The standard InChI is InChI=1S/C16H19NO4/c1-16(2,19)12-6-4-11(5-7-12)10-21-15-14(20-3)8-13(18)9-17-15/h4-9,18-19H,10H2,1-3H3. The number of ether oxygens (including phenoxy) is 2. The zero-order chi connectivity index (χ0) is 15.5. The Bertz CT molecular complexity index is 603. The number of hydrogen-bond acceptors (Lipinski definition) is 5. The van der Waals surface area contributed by atoms with E-state index in [2.05, 4.69) is 4.98 Å². The molecule has 0 saturated heterocycles. The first kappa shape index (κ1) is 15.1. The molecule has 0 bridgehead atoms. The SMILES string of the molecule is COc1cc(O)cnc1OCc1ccc(C(C)(C)O)cc1. The molecule has 0 saturated carbocycles. The predicted octanol–water partition coefficient (Wildman–Crippen LogP) is 2.60. The van der Waals surface area contributed by atoms with Crippen LogP contribution >= 0.6 is 0 Å². The fraction of sp³-hybridized carbons (Fsp3) is 0.312. The van der Waals surface area contributed by atoms with Crippen molar-refractivity contribution < 1.29 is 19.7 Å². The maximum atomic E-state index is 9.90. The Kier molecular flexibility index (Phi) is 4.33. The van der Waals surface area contributed by atoms with Crippen molar-refractivity contribution in [1.29, 1.82) is 0 Å². The molecule has 0 spiro atoms. The van der Waals surface area contributed by atoms with Crippen LogP contribution in [0.25, 0.3) is 0 Å². The van der Waals surface area contributed by atoms with E-state index in [1.807, 2.05) is 24.3 Å². The van der Waals surface area contributed by atoms with Gasteiger partial charge in [-0.15, -0.1) is 0 Å². The van der Waals surface area contributed by atoms with Gasteiger partial charge in [-0.2, -0.15) is 0 Å². The number of rotatable bonds is 5. The predicted molar refractivity (Wildman–Crippen MR) is 78.5 cm³/mol. The minimum Gasteiger partial charge on any atom is -0.506 e. The van der Waals surface area contributed by atoms with Crippen LogP contribution in [0.2, 0.25) is 0 Å². The van der Waals surface area contributed by atoms with Crippen molar-refractivity contribution >= 4 is 0 Å². The fourth-order valence-corrected chi connectivity index (χ4v) is 1.84. The molecule has 1 heterocycles. The number of hydrogen-bond donors (Lipinski definition) is 2. The monoisotopic (exact) mass is 289 g/mol. The smallest absolute Gasteiger partial charge is 0.257 e. The molecule has 0 fully saturated rings. The second-order valence-electron chi connectivity index (χ2n) is 5.25. The summed E-state index contributed by atoms with van der Waals surface area (Å²) in [6.45, 7) is 3.80. The summed E-state index contributed by atoms with van der Waals surface area (Å²) in [5, 5.41) is 19.2. The molecule has 2 rings (SSSR count). The van der Waals surface area contributed by atoms with Crippen LogP contribution < -0.4 is 9.47 Å². The first-order valence-corrected chi connectivity index (χ1v) is 6.58. The van der Waals surface area contributed by atoms with Crippen molar-refractivity contribution in [2.75, 3.05) is 7.11 Å². The van der Waals surface area contributed by atoms with Crippen molar-refractivity contribution in [3.63, 3.8) is 0 Å². The van der Waals surface area contributed by atoms with E-state index in [1.54, 1.807) is 13.8 Å². The van der Waals surface area contributed by atoms with Gasteiger partial charge in [-0.05, 0) is 25.0 Å². The Morgan fingerprint density at radius 1 is 1.19 bits per heavy atom. The van der Waals surface area contributed by atoms with E-state index in [9.17, 15) is 10.2 Å². The molecule has 0 unspecified atom stereocenters. The van der Waals surface area contributed by atoms with Crippen molar-refractivity contribution in [3.05, 3.63) is 47.7 Å². The molecule has 21 heavy (non-hydrogen) atoms. The lowest BCUT2D eigenvalue weighted by molar-refractivity contribution is 0.0785. The van der Waals surface area contributed by atoms with Crippen molar-refractivity contribution in [3.8, 4) is 17.4 Å². The van der Waals surface area contributed by atoms with Crippen LogP contribution in [0.4, 0.5) is 0 Å². The van der Waals surface area contributed by atoms with Gasteiger partial charge in [-0.1, -0.05) is 24.3 Å². The molecular weight excluding hydrogens is 270 g/mol. The van der Waals surface area contributed by atoms with Gasteiger partial charge < -0.3 is 19.7 Å². The Balaban J connectivity index is 2.07. The number of nitrogens with zero attached hydrogens (tertiary/aromatic N) is 1. The van der Waals surface area contributed by atoms with Gasteiger partial charge in [0.1, 0.15) is 12.4 Å². The van der Waals surface area contributed by atoms with Crippen LogP contribution in [0.1, 0.15) is 25.0 Å². The fourth-order valence-electron chi connectivity index (χ4n) is 1.84. The Morgan fingerprint density at radius 3 is 2.43 bits per heavy atom. The van der Waals surface area contributed by atoms with Gasteiger partial charge in [0.05, 0.1) is 18.9 Å². The minimum absolute atomic E-state index is 0.0220. The summed E-state index contributed by atoms with van der Waals surface area (Å²) in [7, 11) is 1.49. The van der Waals surface area contributed by atoms with E-state index in [-0.39, 0.29) is 5.75 Å². The first-order valence-electron chi connectivity index (χ1n) is 6.58. The van der Waals surface area contributed by atoms with Crippen LogP contribution in [0.3, 0.4) is 0 Å². The highest BCUT2D eigenvalue weighted by atomic mass is 16.5. The molecule has 1 aromatic heterocycles. The third kappa shape index (κ3) is 3.86. The lowest BCUT2D eigenvalue weighted by Crippen LogP contribution is -2.15. The molecular formula is C16H19NO4. The second-order valence-corrected chi connectivity index (χ2v) is 5.25. The summed E-state index contributed by atoms with van der Waals surface area (Å²) >= 11 is 0. The number of aliphatic hydroxyl groups is 1.